The minimum Gasteiger partial charge on any atom is -0.179 e. The zero-order valence-corrected chi connectivity index (χ0v) is 10.4. The van der Waals surface area contributed by atoms with Crippen LogP contribution in [0.4, 0.5) is 0 Å². The van der Waals surface area contributed by atoms with Gasteiger partial charge in [-0.15, -0.1) is 0 Å². The summed E-state index contributed by atoms with van der Waals surface area (Å²) in [5.41, 5.74) is 1.13. The maximum absolute atomic E-state index is 4.26. The maximum Gasteiger partial charge on any atom is 0.00708 e. The van der Waals surface area contributed by atoms with Gasteiger partial charge in [0, 0.05) is 10.2 Å². The van der Waals surface area contributed by atoms with Crippen LogP contribution in [0.5, 0.6) is 0 Å². The molecule has 0 heterocycles. The predicted octanol–water partition coefficient (Wildman–Crippen LogP) is 2.04. The highest BCUT2D eigenvalue weighted by Crippen LogP contribution is 2.35. The molecule has 11 heavy (non-hydrogen) atoms. The van der Waals surface area contributed by atoms with Gasteiger partial charge < -0.3 is 0 Å². The summed E-state index contributed by atoms with van der Waals surface area (Å²) in [5, 5.41) is 0. The molecule has 2 atom stereocenters. The van der Waals surface area contributed by atoms with E-state index < -0.39 is 0 Å². The first kappa shape index (κ1) is 9.65. The fraction of sp³-hybridized carbons (Fsp3) is 1.00. The summed E-state index contributed by atoms with van der Waals surface area (Å²) in [6, 6.07) is 0. The van der Waals surface area contributed by atoms with Crippen LogP contribution in [0.3, 0.4) is 0 Å². The fourth-order valence-electron chi connectivity index (χ4n) is 2.18. The van der Waals surface area contributed by atoms with Gasteiger partial charge in [-0.05, 0) is 24.5 Å². The SMILES string of the molecule is [SiH3]C1CCCCC1CCCS. The zero-order chi connectivity index (χ0) is 8.10. The second kappa shape index (κ2) is 5.25. The standard InChI is InChI=1S/C9H20SSi/c10-7-3-5-8-4-1-2-6-9(8)11/h8-10H,1-7H2,11H3. The molecule has 0 nitrogen and oxygen atoms in total. The van der Waals surface area contributed by atoms with Crippen molar-refractivity contribution in [3.63, 3.8) is 0 Å². The van der Waals surface area contributed by atoms with Gasteiger partial charge in [-0.25, -0.2) is 0 Å². The molecule has 0 amide bonds. The van der Waals surface area contributed by atoms with Crippen LogP contribution >= 0.6 is 12.6 Å². The summed E-state index contributed by atoms with van der Waals surface area (Å²) in [6.07, 6.45) is 8.84. The zero-order valence-electron chi connectivity index (χ0n) is 7.55. The van der Waals surface area contributed by atoms with E-state index >= 15 is 0 Å². The Balaban J connectivity index is 2.18. The van der Waals surface area contributed by atoms with E-state index in [4.69, 9.17) is 0 Å². The Morgan fingerprint density at radius 2 is 2.00 bits per heavy atom. The topological polar surface area (TPSA) is 0 Å². The first-order valence-corrected chi connectivity index (χ1v) is 6.74. The van der Waals surface area contributed by atoms with E-state index in [9.17, 15) is 0 Å². The predicted molar refractivity (Wildman–Crippen MR) is 58.7 cm³/mol. The molecule has 2 heteroatoms. The van der Waals surface area contributed by atoms with Crippen LogP contribution in [0.1, 0.15) is 38.5 Å². The van der Waals surface area contributed by atoms with Crippen LogP contribution in [0.2, 0.25) is 5.54 Å². The molecule has 1 saturated carbocycles. The van der Waals surface area contributed by atoms with Crippen LogP contribution in [-0.2, 0) is 0 Å². The molecule has 0 saturated heterocycles. The first-order chi connectivity index (χ1) is 5.34. The molecule has 1 aliphatic carbocycles. The van der Waals surface area contributed by atoms with E-state index in [0.29, 0.717) is 0 Å². The molecule has 0 bridgehead atoms. The van der Waals surface area contributed by atoms with Gasteiger partial charge in [-0.2, -0.15) is 12.6 Å². The molecule has 0 aromatic rings. The Kier molecular flexibility index (Phi) is 4.61. The van der Waals surface area contributed by atoms with Gasteiger partial charge in [0.1, 0.15) is 0 Å². The van der Waals surface area contributed by atoms with Crippen LogP contribution in [-0.4, -0.2) is 16.0 Å². The molecule has 1 fully saturated rings. The Morgan fingerprint density at radius 3 is 2.64 bits per heavy atom. The fourth-order valence-corrected chi connectivity index (χ4v) is 3.43. The second-order valence-electron chi connectivity index (χ2n) is 3.89. The van der Waals surface area contributed by atoms with Crippen molar-refractivity contribution in [1.82, 2.24) is 0 Å². The van der Waals surface area contributed by atoms with Crippen LogP contribution < -0.4 is 0 Å². The lowest BCUT2D eigenvalue weighted by atomic mass is 9.85. The Hall–Kier alpha value is 0.567. The average Bonchev–Trinajstić information content (AvgIpc) is 2.03. The highest BCUT2D eigenvalue weighted by Gasteiger charge is 2.19. The van der Waals surface area contributed by atoms with E-state index in [-0.39, 0.29) is 0 Å². The smallest absolute Gasteiger partial charge is 0.00708 e. The number of hydrogen-bond acceptors (Lipinski definition) is 1. The third-order valence-corrected chi connectivity index (χ3v) is 4.86. The Bertz CT molecular complexity index is 106. The average molecular weight is 188 g/mol. The van der Waals surface area contributed by atoms with Crippen LogP contribution in [0, 0.1) is 5.92 Å². The van der Waals surface area contributed by atoms with Crippen molar-refractivity contribution in [2.75, 3.05) is 5.75 Å². The molecule has 1 rings (SSSR count). The van der Waals surface area contributed by atoms with Gasteiger partial charge >= 0.3 is 0 Å². The van der Waals surface area contributed by atoms with Crippen LogP contribution in [0.15, 0.2) is 0 Å². The van der Waals surface area contributed by atoms with Crippen molar-refractivity contribution in [2.24, 2.45) is 5.92 Å². The molecule has 0 aromatic heterocycles. The molecule has 0 radical (unpaired) electrons. The van der Waals surface area contributed by atoms with Crippen molar-refractivity contribution < 1.29 is 0 Å². The highest BCUT2D eigenvalue weighted by atomic mass is 32.1. The van der Waals surface area contributed by atoms with Crippen molar-refractivity contribution >= 4 is 22.9 Å². The second-order valence-corrected chi connectivity index (χ2v) is 5.82. The maximum atomic E-state index is 4.26. The molecule has 0 aliphatic heterocycles. The van der Waals surface area contributed by atoms with Gasteiger partial charge in [0.2, 0.25) is 0 Å². The van der Waals surface area contributed by atoms with Gasteiger partial charge in [0.05, 0.1) is 0 Å². The van der Waals surface area contributed by atoms with Gasteiger partial charge in [0.15, 0.2) is 0 Å². The molecule has 0 N–H and O–H groups in total. The van der Waals surface area contributed by atoms with E-state index in [1.54, 1.807) is 0 Å². The quantitative estimate of drug-likeness (QED) is 0.508. The summed E-state index contributed by atoms with van der Waals surface area (Å²) in [5.74, 6) is 2.17. The van der Waals surface area contributed by atoms with E-state index in [0.717, 1.165) is 17.2 Å². The molecular weight excluding hydrogens is 168 g/mol. The summed E-state index contributed by atoms with van der Waals surface area (Å²) in [4.78, 5) is 0. The monoisotopic (exact) mass is 188 g/mol. The largest absolute Gasteiger partial charge is 0.179 e. The summed E-state index contributed by atoms with van der Waals surface area (Å²) >= 11 is 4.26. The normalized spacial score (nSPS) is 32.5. The van der Waals surface area contributed by atoms with Crippen molar-refractivity contribution in [3.05, 3.63) is 0 Å². The van der Waals surface area contributed by atoms with Crippen LogP contribution in [0.25, 0.3) is 0 Å². The molecule has 1 aliphatic rings. The lowest BCUT2D eigenvalue weighted by Crippen LogP contribution is -2.14. The highest BCUT2D eigenvalue weighted by molar-refractivity contribution is 7.80. The first-order valence-electron chi connectivity index (χ1n) is 4.95. The lowest BCUT2D eigenvalue weighted by molar-refractivity contribution is 0.338. The van der Waals surface area contributed by atoms with Crippen molar-refractivity contribution in [1.29, 1.82) is 0 Å². The molecule has 0 spiro atoms. The third-order valence-electron chi connectivity index (χ3n) is 3.02. The van der Waals surface area contributed by atoms with Crippen molar-refractivity contribution in [2.45, 2.75) is 44.1 Å². The van der Waals surface area contributed by atoms with Gasteiger partial charge in [0.25, 0.3) is 0 Å². The molecular formula is C9H20SSi. The van der Waals surface area contributed by atoms with E-state index in [2.05, 4.69) is 12.6 Å². The summed E-state index contributed by atoms with van der Waals surface area (Å²) in [6.45, 7) is 0. The Labute approximate surface area is 79.0 Å². The third kappa shape index (κ3) is 3.20. The van der Waals surface area contributed by atoms with E-state index in [1.807, 2.05) is 0 Å². The number of rotatable bonds is 3. The minimum absolute atomic E-state index is 1.09. The summed E-state index contributed by atoms with van der Waals surface area (Å²) < 4.78 is 0. The van der Waals surface area contributed by atoms with E-state index in [1.165, 1.54) is 48.8 Å². The van der Waals surface area contributed by atoms with Crippen molar-refractivity contribution in [3.8, 4) is 0 Å². The minimum atomic E-state index is 1.09. The number of thiol groups is 1. The molecule has 0 aromatic carbocycles. The van der Waals surface area contributed by atoms with Gasteiger partial charge in [-0.3, -0.25) is 0 Å². The lowest BCUT2D eigenvalue weighted by Gasteiger charge is -2.28. The number of hydrogen-bond donors (Lipinski definition) is 1. The molecule has 2 unspecified atom stereocenters. The summed E-state index contributed by atoms with van der Waals surface area (Å²) in [7, 11) is 1.43. The molecule has 66 valence electrons. The van der Waals surface area contributed by atoms with Gasteiger partial charge in [-0.1, -0.05) is 31.2 Å². The Morgan fingerprint density at radius 1 is 1.27 bits per heavy atom.